The van der Waals surface area contributed by atoms with Gasteiger partial charge in [0.2, 0.25) is 5.91 Å². The molecule has 0 aliphatic rings. The van der Waals surface area contributed by atoms with Crippen molar-refractivity contribution in [3.8, 4) is 17.0 Å². The van der Waals surface area contributed by atoms with Gasteiger partial charge in [-0.3, -0.25) is 9.78 Å². The normalized spacial score (nSPS) is 10.6. The van der Waals surface area contributed by atoms with Crippen molar-refractivity contribution in [2.45, 2.75) is 13.3 Å². The number of methoxy groups -OCH3 is 1. The number of ether oxygens (including phenoxy) is 1. The van der Waals surface area contributed by atoms with Crippen LogP contribution in [0, 0.1) is 0 Å². The molecule has 7 heteroatoms. The molecule has 1 amide bonds. The Balaban J connectivity index is 1.68. The van der Waals surface area contributed by atoms with Gasteiger partial charge in [0.25, 0.3) is 0 Å². The van der Waals surface area contributed by atoms with Crippen molar-refractivity contribution in [1.29, 1.82) is 0 Å². The predicted octanol–water partition coefficient (Wildman–Crippen LogP) is 4.31. The molecule has 0 fully saturated rings. The number of aryl methyl sites for hydroxylation is 1. The molecule has 0 saturated heterocycles. The quantitative estimate of drug-likeness (QED) is 0.469. The van der Waals surface area contributed by atoms with Crippen molar-refractivity contribution < 1.29 is 9.53 Å². The Hall–Kier alpha value is -4.00. The Labute approximate surface area is 180 Å². The number of carbonyl (C=O) groups is 1. The third-order valence-corrected chi connectivity index (χ3v) is 4.87. The molecular weight excluding hydrogens is 390 g/mol. The average Bonchev–Trinajstić information content (AvgIpc) is 2.83. The highest BCUT2D eigenvalue weighted by Gasteiger charge is 2.12. The zero-order valence-electron chi connectivity index (χ0n) is 17.4. The third kappa shape index (κ3) is 4.78. The molecule has 4 aromatic rings. The SMILES string of the molecule is CCc1nccc(-c2cc(NC(=O)CNc3cccnc3)c3cc(OC)ccc3c2)n1. The second-order valence-corrected chi connectivity index (χ2v) is 6.97. The standard InChI is InChI=1S/C24H23N5O2/c1-3-23-26-10-8-21(28-23)17-11-16-6-7-19(31-2)13-20(16)22(12-17)29-24(30)15-27-18-5-4-9-25-14-18/h4-14,27H,3,15H2,1-2H3,(H,29,30). The molecule has 0 unspecified atom stereocenters. The molecule has 0 spiro atoms. The van der Waals surface area contributed by atoms with Crippen molar-refractivity contribution in [3.05, 3.63) is 72.9 Å². The van der Waals surface area contributed by atoms with E-state index in [4.69, 9.17) is 4.74 Å². The van der Waals surface area contributed by atoms with E-state index < -0.39 is 0 Å². The molecule has 0 aliphatic carbocycles. The summed E-state index contributed by atoms with van der Waals surface area (Å²) in [5.41, 5.74) is 3.20. The number of carbonyl (C=O) groups excluding carboxylic acids is 1. The number of pyridine rings is 1. The summed E-state index contributed by atoms with van der Waals surface area (Å²) in [4.78, 5) is 25.6. The number of fused-ring (bicyclic) bond motifs is 1. The molecule has 0 bridgehead atoms. The molecule has 2 heterocycles. The molecule has 0 radical (unpaired) electrons. The molecule has 0 aliphatic heterocycles. The zero-order chi connectivity index (χ0) is 21.6. The van der Waals surface area contributed by atoms with E-state index in [1.807, 2.05) is 49.4 Å². The lowest BCUT2D eigenvalue weighted by Crippen LogP contribution is -2.22. The first-order valence-electron chi connectivity index (χ1n) is 10.0. The van der Waals surface area contributed by atoms with Crippen LogP contribution in [0.5, 0.6) is 5.75 Å². The van der Waals surface area contributed by atoms with E-state index in [0.29, 0.717) is 5.69 Å². The number of nitrogens with one attached hydrogen (secondary N) is 2. The van der Waals surface area contributed by atoms with Crippen LogP contribution in [0.1, 0.15) is 12.7 Å². The van der Waals surface area contributed by atoms with Gasteiger partial charge in [-0.1, -0.05) is 13.0 Å². The van der Waals surface area contributed by atoms with Gasteiger partial charge >= 0.3 is 0 Å². The van der Waals surface area contributed by atoms with Crippen molar-refractivity contribution in [3.63, 3.8) is 0 Å². The highest BCUT2D eigenvalue weighted by molar-refractivity contribution is 6.05. The Kier molecular flexibility index (Phi) is 6.03. The van der Waals surface area contributed by atoms with Crippen molar-refractivity contribution >= 4 is 28.1 Å². The number of rotatable bonds is 7. The molecule has 156 valence electrons. The second kappa shape index (κ2) is 9.21. The van der Waals surface area contributed by atoms with Gasteiger partial charge in [-0.25, -0.2) is 9.97 Å². The Morgan fingerprint density at radius 1 is 1.10 bits per heavy atom. The smallest absolute Gasteiger partial charge is 0.243 e. The van der Waals surface area contributed by atoms with Crippen molar-refractivity contribution in [2.75, 3.05) is 24.3 Å². The maximum absolute atomic E-state index is 12.7. The van der Waals surface area contributed by atoms with Gasteiger partial charge in [0.15, 0.2) is 0 Å². The first kappa shape index (κ1) is 20.3. The van der Waals surface area contributed by atoms with Gasteiger partial charge in [-0.15, -0.1) is 0 Å². The summed E-state index contributed by atoms with van der Waals surface area (Å²) in [6.07, 6.45) is 5.87. The highest BCUT2D eigenvalue weighted by Crippen LogP contribution is 2.32. The molecule has 31 heavy (non-hydrogen) atoms. The lowest BCUT2D eigenvalue weighted by Gasteiger charge is -2.14. The molecule has 2 N–H and O–H groups in total. The minimum absolute atomic E-state index is 0.120. The third-order valence-electron chi connectivity index (χ3n) is 4.87. The first-order valence-corrected chi connectivity index (χ1v) is 10.0. The van der Waals surface area contributed by atoms with Gasteiger partial charge in [-0.05, 0) is 47.9 Å². The summed E-state index contributed by atoms with van der Waals surface area (Å²) < 4.78 is 5.38. The minimum atomic E-state index is -0.165. The number of aromatic nitrogens is 3. The van der Waals surface area contributed by atoms with Crippen LogP contribution < -0.4 is 15.4 Å². The van der Waals surface area contributed by atoms with E-state index in [9.17, 15) is 4.79 Å². The number of hydrogen-bond acceptors (Lipinski definition) is 6. The van der Waals surface area contributed by atoms with Gasteiger partial charge in [0.05, 0.1) is 25.0 Å². The van der Waals surface area contributed by atoms with E-state index in [0.717, 1.165) is 45.7 Å². The minimum Gasteiger partial charge on any atom is -0.497 e. The first-order chi connectivity index (χ1) is 15.2. The summed E-state index contributed by atoms with van der Waals surface area (Å²) in [5, 5.41) is 7.97. The summed E-state index contributed by atoms with van der Waals surface area (Å²) in [6.45, 7) is 2.14. The van der Waals surface area contributed by atoms with Crippen molar-refractivity contribution in [1.82, 2.24) is 15.0 Å². The van der Waals surface area contributed by atoms with Crippen LogP contribution in [0.2, 0.25) is 0 Å². The van der Waals surface area contributed by atoms with E-state index in [1.54, 1.807) is 25.7 Å². The lowest BCUT2D eigenvalue weighted by molar-refractivity contribution is -0.114. The van der Waals surface area contributed by atoms with Crippen LogP contribution in [0.15, 0.2) is 67.1 Å². The monoisotopic (exact) mass is 413 g/mol. The van der Waals surface area contributed by atoms with Crippen molar-refractivity contribution in [2.24, 2.45) is 0 Å². The number of nitrogens with zero attached hydrogens (tertiary/aromatic N) is 3. The Bertz CT molecular complexity index is 1210. The molecular formula is C24H23N5O2. The topological polar surface area (TPSA) is 89.0 Å². The number of amides is 1. The van der Waals surface area contributed by atoms with Gasteiger partial charge in [0, 0.05) is 41.6 Å². The van der Waals surface area contributed by atoms with Crippen LogP contribution in [0.3, 0.4) is 0 Å². The molecule has 0 saturated carbocycles. The predicted molar refractivity (Wildman–Crippen MR) is 122 cm³/mol. The largest absolute Gasteiger partial charge is 0.497 e. The van der Waals surface area contributed by atoms with E-state index in [-0.39, 0.29) is 12.5 Å². The van der Waals surface area contributed by atoms with Crippen LogP contribution in [0.25, 0.3) is 22.0 Å². The second-order valence-electron chi connectivity index (χ2n) is 6.97. The number of hydrogen-bond donors (Lipinski definition) is 2. The highest BCUT2D eigenvalue weighted by atomic mass is 16.5. The van der Waals surface area contributed by atoms with Crippen LogP contribution in [-0.2, 0) is 11.2 Å². The molecule has 0 atom stereocenters. The fourth-order valence-electron chi connectivity index (χ4n) is 3.29. The maximum Gasteiger partial charge on any atom is 0.243 e. The van der Waals surface area contributed by atoms with E-state index in [2.05, 4.69) is 31.7 Å². The van der Waals surface area contributed by atoms with E-state index in [1.165, 1.54) is 0 Å². The maximum atomic E-state index is 12.7. The zero-order valence-corrected chi connectivity index (χ0v) is 17.4. The Morgan fingerprint density at radius 2 is 2.00 bits per heavy atom. The molecule has 2 aromatic carbocycles. The fourth-order valence-corrected chi connectivity index (χ4v) is 3.29. The number of anilines is 2. The van der Waals surface area contributed by atoms with Gasteiger partial charge in [0.1, 0.15) is 11.6 Å². The molecule has 2 aromatic heterocycles. The fraction of sp³-hybridized carbons (Fsp3) is 0.167. The summed E-state index contributed by atoms with van der Waals surface area (Å²) in [6, 6.07) is 15.3. The Morgan fingerprint density at radius 3 is 2.77 bits per heavy atom. The molecule has 4 rings (SSSR count). The molecule has 7 nitrogen and oxygen atoms in total. The average molecular weight is 413 g/mol. The van der Waals surface area contributed by atoms with E-state index >= 15 is 0 Å². The summed E-state index contributed by atoms with van der Waals surface area (Å²) >= 11 is 0. The number of benzene rings is 2. The lowest BCUT2D eigenvalue weighted by atomic mass is 10.0. The summed E-state index contributed by atoms with van der Waals surface area (Å²) in [7, 11) is 1.62. The van der Waals surface area contributed by atoms with Gasteiger partial charge in [-0.2, -0.15) is 0 Å². The van der Waals surface area contributed by atoms with Crippen LogP contribution in [0.4, 0.5) is 11.4 Å². The van der Waals surface area contributed by atoms with Crippen LogP contribution in [-0.4, -0.2) is 34.5 Å². The summed E-state index contributed by atoms with van der Waals surface area (Å²) in [5.74, 6) is 1.33. The van der Waals surface area contributed by atoms with Gasteiger partial charge < -0.3 is 15.4 Å². The van der Waals surface area contributed by atoms with Crippen LogP contribution >= 0.6 is 0 Å².